The summed E-state index contributed by atoms with van der Waals surface area (Å²) in [6.07, 6.45) is 1.95. The molecule has 0 aliphatic carbocycles. The number of thiophene rings is 1. The summed E-state index contributed by atoms with van der Waals surface area (Å²) in [6.45, 7) is 0. The summed E-state index contributed by atoms with van der Waals surface area (Å²) in [5.74, 6) is 0.319. The van der Waals surface area contributed by atoms with E-state index < -0.39 is 0 Å². The molecule has 2 aromatic heterocycles. The molecule has 4 N–H and O–H groups in total. The molecule has 0 unspecified atom stereocenters. The lowest BCUT2D eigenvalue weighted by Gasteiger charge is -2.06. The molecule has 0 bridgehead atoms. The van der Waals surface area contributed by atoms with E-state index in [1.54, 1.807) is 6.07 Å². The molecule has 2 heterocycles. The Hall–Kier alpha value is -2.51. The summed E-state index contributed by atoms with van der Waals surface area (Å²) in [5.41, 5.74) is 9.04. The van der Waals surface area contributed by atoms with Crippen LogP contribution in [0.5, 0.6) is 0 Å². The topological polar surface area (TPSA) is 80.0 Å². The molecule has 0 radical (unpaired) electrons. The van der Waals surface area contributed by atoms with Crippen LogP contribution < -0.4 is 15.8 Å². The molecule has 0 saturated carbocycles. The Morgan fingerprint density at radius 2 is 1.96 bits per heavy atom. The quantitative estimate of drug-likeness (QED) is 0.593. The van der Waals surface area contributed by atoms with Crippen molar-refractivity contribution in [3.05, 3.63) is 58.8 Å². The molecule has 3 rings (SSSR count). The molecule has 24 heavy (non-hydrogen) atoms. The van der Waals surface area contributed by atoms with E-state index in [-0.39, 0.29) is 5.91 Å². The maximum Gasteiger partial charge on any atom is 0.265 e. The maximum absolute atomic E-state index is 12.4. The standard InChI is InChI=1S/C17H16N4OS2/c1-23-21-13-5-2-4-12(9-13)19-17(22)15-8-11(10-24-15)14-6-3-7-16(18)20-14/h2-10,21H,1H3,(H2,18,20)(H,19,22). The Kier molecular flexibility index (Phi) is 5.02. The van der Waals surface area contributed by atoms with E-state index in [1.165, 1.54) is 23.3 Å². The van der Waals surface area contributed by atoms with Gasteiger partial charge in [-0.1, -0.05) is 24.1 Å². The number of carbonyl (C=O) groups excluding carboxylic acids is 1. The molecule has 0 fully saturated rings. The minimum Gasteiger partial charge on any atom is -0.384 e. The second kappa shape index (κ2) is 7.37. The fourth-order valence-electron chi connectivity index (χ4n) is 2.17. The largest absolute Gasteiger partial charge is 0.384 e. The molecule has 1 amide bonds. The van der Waals surface area contributed by atoms with Crippen molar-refractivity contribution >= 4 is 46.4 Å². The van der Waals surface area contributed by atoms with Crippen LogP contribution in [0.4, 0.5) is 17.2 Å². The smallest absolute Gasteiger partial charge is 0.265 e. The lowest BCUT2D eigenvalue weighted by atomic mass is 10.2. The Balaban J connectivity index is 1.75. The van der Waals surface area contributed by atoms with E-state index in [1.807, 2.05) is 54.1 Å². The minimum absolute atomic E-state index is 0.142. The number of nitrogen functional groups attached to an aromatic ring is 1. The first-order valence-corrected chi connectivity index (χ1v) is 9.28. The maximum atomic E-state index is 12.4. The average molecular weight is 356 g/mol. The average Bonchev–Trinajstić information content (AvgIpc) is 3.06. The lowest BCUT2D eigenvalue weighted by Crippen LogP contribution is -2.10. The van der Waals surface area contributed by atoms with Crippen LogP contribution in [0.3, 0.4) is 0 Å². The van der Waals surface area contributed by atoms with Crippen LogP contribution >= 0.6 is 23.3 Å². The molecule has 0 aliphatic rings. The van der Waals surface area contributed by atoms with Crippen LogP contribution in [0.2, 0.25) is 0 Å². The van der Waals surface area contributed by atoms with Crippen molar-refractivity contribution < 1.29 is 4.79 Å². The van der Waals surface area contributed by atoms with E-state index in [0.717, 1.165) is 22.6 Å². The number of nitrogens with two attached hydrogens (primary N) is 1. The lowest BCUT2D eigenvalue weighted by molar-refractivity contribution is 0.103. The Labute approximate surface area is 148 Å². The van der Waals surface area contributed by atoms with Crippen molar-refractivity contribution in [3.8, 4) is 11.3 Å². The fraction of sp³-hybridized carbons (Fsp3) is 0.0588. The molecule has 0 spiro atoms. The Morgan fingerprint density at radius 1 is 1.17 bits per heavy atom. The number of anilines is 3. The van der Waals surface area contributed by atoms with E-state index in [2.05, 4.69) is 15.0 Å². The van der Waals surface area contributed by atoms with Crippen molar-refractivity contribution in [2.45, 2.75) is 0 Å². The van der Waals surface area contributed by atoms with Crippen molar-refractivity contribution in [2.75, 3.05) is 22.0 Å². The Morgan fingerprint density at radius 3 is 2.75 bits per heavy atom. The molecular weight excluding hydrogens is 340 g/mol. The van der Waals surface area contributed by atoms with Crippen molar-refractivity contribution in [1.29, 1.82) is 0 Å². The van der Waals surface area contributed by atoms with Gasteiger partial charge in [0.05, 0.1) is 10.6 Å². The third-order valence-electron chi connectivity index (χ3n) is 3.23. The van der Waals surface area contributed by atoms with Crippen LogP contribution in [0.15, 0.2) is 53.9 Å². The van der Waals surface area contributed by atoms with Gasteiger partial charge >= 0.3 is 0 Å². The normalized spacial score (nSPS) is 10.4. The van der Waals surface area contributed by atoms with Crippen LogP contribution in [-0.2, 0) is 0 Å². The number of amides is 1. The number of nitrogens with one attached hydrogen (secondary N) is 2. The first-order valence-electron chi connectivity index (χ1n) is 7.17. The highest BCUT2D eigenvalue weighted by atomic mass is 32.2. The molecular formula is C17H16N4OS2. The summed E-state index contributed by atoms with van der Waals surface area (Å²) in [5, 5.41) is 4.82. The number of pyridine rings is 1. The van der Waals surface area contributed by atoms with Gasteiger partial charge in [0.25, 0.3) is 5.91 Å². The zero-order valence-electron chi connectivity index (χ0n) is 12.9. The second-order valence-electron chi connectivity index (χ2n) is 4.99. The van der Waals surface area contributed by atoms with Gasteiger partial charge in [0, 0.05) is 28.6 Å². The monoisotopic (exact) mass is 356 g/mol. The second-order valence-corrected chi connectivity index (χ2v) is 6.51. The number of benzene rings is 1. The van der Waals surface area contributed by atoms with Gasteiger partial charge < -0.3 is 15.8 Å². The zero-order chi connectivity index (χ0) is 16.9. The van der Waals surface area contributed by atoms with Crippen molar-refractivity contribution in [1.82, 2.24) is 4.98 Å². The molecule has 0 saturated heterocycles. The van der Waals surface area contributed by atoms with Gasteiger partial charge in [-0.2, -0.15) is 0 Å². The molecule has 5 nitrogen and oxygen atoms in total. The summed E-state index contributed by atoms with van der Waals surface area (Å²) in [6, 6.07) is 14.9. The SMILES string of the molecule is CSNc1cccc(NC(=O)c2cc(-c3cccc(N)n3)cs2)c1. The van der Waals surface area contributed by atoms with Crippen molar-refractivity contribution in [3.63, 3.8) is 0 Å². The molecule has 0 aliphatic heterocycles. The predicted octanol–water partition coefficient (Wildman–Crippen LogP) is 4.33. The van der Waals surface area contributed by atoms with Gasteiger partial charge in [0.15, 0.2) is 0 Å². The minimum atomic E-state index is -0.142. The number of aromatic nitrogens is 1. The summed E-state index contributed by atoms with van der Waals surface area (Å²) < 4.78 is 3.14. The van der Waals surface area contributed by atoms with Gasteiger partial charge in [-0.3, -0.25) is 4.79 Å². The van der Waals surface area contributed by atoms with Crippen molar-refractivity contribution in [2.24, 2.45) is 0 Å². The van der Waals surface area contributed by atoms with Crippen LogP contribution in [0.1, 0.15) is 9.67 Å². The number of hydrogen-bond acceptors (Lipinski definition) is 6. The third-order valence-corrected chi connectivity index (χ3v) is 4.60. The molecule has 7 heteroatoms. The summed E-state index contributed by atoms with van der Waals surface area (Å²) in [4.78, 5) is 17.3. The number of nitrogens with zero attached hydrogens (tertiary/aromatic N) is 1. The summed E-state index contributed by atoms with van der Waals surface area (Å²) in [7, 11) is 0. The Bertz CT molecular complexity index is 863. The van der Waals surface area contributed by atoms with Crippen LogP contribution in [0.25, 0.3) is 11.3 Å². The number of hydrogen-bond donors (Lipinski definition) is 3. The van der Waals surface area contributed by atoms with Gasteiger partial charge in [0.2, 0.25) is 0 Å². The van der Waals surface area contributed by atoms with Crippen LogP contribution in [0, 0.1) is 0 Å². The van der Waals surface area contributed by atoms with E-state index in [0.29, 0.717) is 10.7 Å². The number of rotatable bonds is 5. The molecule has 3 aromatic rings. The zero-order valence-corrected chi connectivity index (χ0v) is 14.6. The number of carbonyl (C=O) groups is 1. The highest BCUT2D eigenvalue weighted by Crippen LogP contribution is 2.26. The molecule has 1 aromatic carbocycles. The highest BCUT2D eigenvalue weighted by molar-refractivity contribution is 7.99. The van der Waals surface area contributed by atoms with Gasteiger partial charge in [-0.15, -0.1) is 11.3 Å². The van der Waals surface area contributed by atoms with Crippen LogP contribution in [-0.4, -0.2) is 17.1 Å². The highest BCUT2D eigenvalue weighted by Gasteiger charge is 2.11. The fourth-order valence-corrected chi connectivity index (χ4v) is 3.33. The van der Waals surface area contributed by atoms with Gasteiger partial charge in [-0.05, 0) is 36.4 Å². The first-order chi connectivity index (χ1) is 11.7. The molecule has 0 atom stereocenters. The van der Waals surface area contributed by atoms with Gasteiger partial charge in [0.1, 0.15) is 5.82 Å². The van der Waals surface area contributed by atoms with Gasteiger partial charge in [-0.25, -0.2) is 4.98 Å². The first kappa shape index (κ1) is 16.4. The van der Waals surface area contributed by atoms with E-state index in [4.69, 9.17) is 5.73 Å². The third kappa shape index (κ3) is 3.87. The summed E-state index contributed by atoms with van der Waals surface area (Å²) >= 11 is 2.88. The predicted molar refractivity (Wildman–Crippen MR) is 103 cm³/mol. The van der Waals surface area contributed by atoms with E-state index >= 15 is 0 Å². The molecule has 122 valence electrons. The van der Waals surface area contributed by atoms with E-state index in [9.17, 15) is 4.79 Å².